The van der Waals surface area contributed by atoms with Crippen LogP contribution in [0.4, 0.5) is 0 Å². The SMILES string of the molecule is CCOCCc1nc(-c2cccc(C)c2C)no1. The maximum absolute atomic E-state index is 5.27. The molecule has 4 heteroatoms. The molecule has 1 aromatic heterocycles. The molecule has 0 aliphatic heterocycles. The van der Waals surface area contributed by atoms with E-state index < -0.39 is 0 Å². The number of hydrogen-bond donors (Lipinski definition) is 0. The zero-order chi connectivity index (χ0) is 13.0. The number of aromatic nitrogens is 2. The fourth-order valence-electron chi connectivity index (χ4n) is 1.76. The lowest BCUT2D eigenvalue weighted by atomic mass is 10.0. The van der Waals surface area contributed by atoms with Crippen LogP contribution < -0.4 is 0 Å². The monoisotopic (exact) mass is 246 g/mol. The first-order valence-corrected chi connectivity index (χ1v) is 6.19. The van der Waals surface area contributed by atoms with E-state index in [0.29, 0.717) is 31.3 Å². The second kappa shape index (κ2) is 5.78. The van der Waals surface area contributed by atoms with Crippen molar-refractivity contribution < 1.29 is 9.26 Å². The quantitative estimate of drug-likeness (QED) is 0.761. The van der Waals surface area contributed by atoms with Crippen molar-refractivity contribution in [2.75, 3.05) is 13.2 Å². The Kier molecular flexibility index (Phi) is 4.10. The van der Waals surface area contributed by atoms with Crippen LogP contribution in [0.3, 0.4) is 0 Å². The van der Waals surface area contributed by atoms with Gasteiger partial charge in [-0.25, -0.2) is 0 Å². The zero-order valence-corrected chi connectivity index (χ0v) is 11.1. The summed E-state index contributed by atoms with van der Waals surface area (Å²) >= 11 is 0. The highest BCUT2D eigenvalue weighted by atomic mass is 16.5. The van der Waals surface area contributed by atoms with Gasteiger partial charge in [-0.3, -0.25) is 0 Å². The first-order chi connectivity index (χ1) is 8.72. The number of benzene rings is 1. The van der Waals surface area contributed by atoms with E-state index in [2.05, 4.69) is 30.1 Å². The van der Waals surface area contributed by atoms with Crippen LogP contribution in [0.5, 0.6) is 0 Å². The molecule has 2 rings (SSSR count). The van der Waals surface area contributed by atoms with E-state index in [1.165, 1.54) is 11.1 Å². The Bertz CT molecular complexity index is 520. The minimum absolute atomic E-state index is 0.616. The van der Waals surface area contributed by atoms with Crippen molar-refractivity contribution in [1.82, 2.24) is 10.1 Å². The van der Waals surface area contributed by atoms with Gasteiger partial charge in [-0.05, 0) is 31.9 Å². The molecule has 0 aliphatic rings. The largest absolute Gasteiger partial charge is 0.381 e. The van der Waals surface area contributed by atoms with Crippen LogP contribution in [-0.4, -0.2) is 23.4 Å². The molecule has 0 N–H and O–H groups in total. The molecule has 0 aliphatic carbocycles. The molecule has 0 fully saturated rings. The lowest BCUT2D eigenvalue weighted by Crippen LogP contribution is -1.98. The second-order valence-corrected chi connectivity index (χ2v) is 4.21. The van der Waals surface area contributed by atoms with E-state index in [0.717, 1.165) is 5.56 Å². The number of rotatable bonds is 5. The molecule has 4 nitrogen and oxygen atoms in total. The fraction of sp³-hybridized carbons (Fsp3) is 0.429. The van der Waals surface area contributed by atoms with Crippen LogP contribution in [0.2, 0.25) is 0 Å². The van der Waals surface area contributed by atoms with E-state index in [-0.39, 0.29) is 0 Å². The van der Waals surface area contributed by atoms with Crippen molar-refractivity contribution in [3.05, 3.63) is 35.2 Å². The molecule has 0 amide bonds. The van der Waals surface area contributed by atoms with Crippen molar-refractivity contribution in [2.24, 2.45) is 0 Å². The van der Waals surface area contributed by atoms with Crippen LogP contribution in [-0.2, 0) is 11.2 Å². The van der Waals surface area contributed by atoms with Gasteiger partial charge in [0, 0.05) is 12.2 Å². The van der Waals surface area contributed by atoms with Gasteiger partial charge in [-0.2, -0.15) is 4.98 Å². The highest BCUT2D eigenvalue weighted by Crippen LogP contribution is 2.22. The molecule has 96 valence electrons. The Morgan fingerprint density at radius 1 is 1.28 bits per heavy atom. The predicted molar refractivity (Wildman–Crippen MR) is 69.4 cm³/mol. The topological polar surface area (TPSA) is 48.2 Å². The molecule has 2 aromatic rings. The second-order valence-electron chi connectivity index (χ2n) is 4.21. The molecule has 0 bridgehead atoms. The van der Waals surface area contributed by atoms with Gasteiger partial charge in [0.15, 0.2) is 0 Å². The summed E-state index contributed by atoms with van der Waals surface area (Å²) in [5.74, 6) is 1.28. The third-order valence-electron chi connectivity index (χ3n) is 2.98. The van der Waals surface area contributed by atoms with Crippen LogP contribution in [0.25, 0.3) is 11.4 Å². The predicted octanol–water partition coefficient (Wildman–Crippen LogP) is 2.93. The van der Waals surface area contributed by atoms with E-state index >= 15 is 0 Å². The number of aryl methyl sites for hydroxylation is 1. The lowest BCUT2D eigenvalue weighted by molar-refractivity contribution is 0.144. The Morgan fingerprint density at radius 3 is 2.89 bits per heavy atom. The van der Waals surface area contributed by atoms with E-state index in [1.807, 2.05) is 19.1 Å². The van der Waals surface area contributed by atoms with E-state index in [4.69, 9.17) is 9.26 Å². The highest BCUT2D eigenvalue weighted by Gasteiger charge is 2.11. The smallest absolute Gasteiger partial charge is 0.229 e. The molecular weight excluding hydrogens is 228 g/mol. The summed E-state index contributed by atoms with van der Waals surface area (Å²) in [4.78, 5) is 4.40. The molecule has 0 atom stereocenters. The Balaban J connectivity index is 2.16. The molecule has 0 saturated carbocycles. The van der Waals surface area contributed by atoms with Crippen LogP contribution >= 0.6 is 0 Å². The normalized spacial score (nSPS) is 10.8. The first kappa shape index (κ1) is 12.8. The van der Waals surface area contributed by atoms with Gasteiger partial charge >= 0.3 is 0 Å². The summed E-state index contributed by atoms with van der Waals surface area (Å²) in [6, 6.07) is 6.10. The van der Waals surface area contributed by atoms with E-state index in [9.17, 15) is 0 Å². The average Bonchev–Trinajstić information content (AvgIpc) is 2.82. The van der Waals surface area contributed by atoms with Crippen molar-refractivity contribution in [2.45, 2.75) is 27.2 Å². The molecule has 0 spiro atoms. The number of hydrogen-bond acceptors (Lipinski definition) is 4. The summed E-state index contributed by atoms with van der Waals surface area (Å²) in [5.41, 5.74) is 3.45. The molecule has 1 aromatic carbocycles. The number of ether oxygens (including phenoxy) is 1. The van der Waals surface area contributed by atoms with Crippen molar-refractivity contribution in [3.8, 4) is 11.4 Å². The fourth-order valence-corrected chi connectivity index (χ4v) is 1.76. The molecule has 0 unspecified atom stereocenters. The van der Waals surface area contributed by atoms with Gasteiger partial charge in [-0.1, -0.05) is 23.4 Å². The Labute approximate surface area is 107 Å². The third kappa shape index (κ3) is 2.76. The van der Waals surface area contributed by atoms with Crippen molar-refractivity contribution in [1.29, 1.82) is 0 Å². The van der Waals surface area contributed by atoms with Crippen molar-refractivity contribution >= 4 is 0 Å². The highest BCUT2D eigenvalue weighted by molar-refractivity contribution is 5.61. The van der Waals surface area contributed by atoms with Gasteiger partial charge in [0.2, 0.25) is 11.7 Å². The standard InChI is InChI=1S/C14H18N2O2/c1-4-17-9-8-13-15-14(16-18-13)12-7-5-6-10(2)11(12)3/h5-7H,4,8-9H2,1-3H3. The summed E-state index contributed by atoms with van der Waals surface area (Å²) in [6.45, 7) is 7.44. The maximum Gasteiger partial charge on any atom is 0.229 e. The minimum Gasteiger partial charge on any atom is -0.381 e. The molecular formula is C14H18N2O2. The molecule has 18 heavy (non-hydrogen) atoms. The molecule has 0 radical (unpaired) electrons. The first-order valence-electron chi connectivity index (χ1n) is 6.19. The van der Waals surface area contributed by atoms with E-state index in [1.54, 1.807) is 0 Å². The van der Waals surface area contributed by atoms with Gasteiger partial charge in [0.25, 0.3) is 0 Å². The summed E-state index contributed by atoms with van der Waals surface area (Å²) < 4.78 is 10.5. The van der Waals surface area contributed by atoms with Gasteiger partial charge < -0.3 is 9.26 Å². The Hall–Kier alpha value is -1.68. The Morgan fingerprint density at radius 2 is 2.11 bits per heavy atom. The van der Waals surface area contributed by atoms with Gasteiger partial charge in [-0.15, -0.1) is 0 Å². The van der Waals surface area contributed by atoms with Crippen LogP contribution in [0.15, 0.2) is 22.7 Å². The summed E-state index contributed by atoms with van der Waals surface area (Å²) in [7, 11) is 0. The van der Waals surface area contributed by atoms with Crippen molar-refractivity contribution in [3.63, 3.8) is 0 Å². The zero-order valence-electron chi connectivity index (χ0n) is 11.1. The summed E-state index contributed by atoms with van der Waals surface area (Å²) in [5, 5.41) is 4.03. The lowest BCUT2D eigenvalue weighted by Gasteiger charge is -2.03. The third-order valence-corrected chi connectivity index (χ3v) is 2.98. The maximum atomic E-state index is 5.27. The van der Waals surface area contributed by atoms with Gasteiger partial charge in [0.05, 0.1) is 13.0 Å². The minimum atomic E-state index is 0.616. The average molecular weight is 246 g/mol. The summed E-state index contributed by atoms with van der Waals surface area (Å²) in [6.07, 6.45) is 0.658. The number of nitrogens with zero attached hydrogens (tertiary/aromatic N) is 2. The molecule has 1 heterocycles. The van der Waals surface area contributed by atoms with Crippen LogP contribution in [0, 0.1) is 13.8 Å². The van der Waals surface area contributed by atoms with Crippen LogP contribution in [0.1, 0.15) is 23.9 Å². The van der Waals surface area contributed by atoms with Gasteiger partial charge in [0.1, 0.15) is 0 Å². The molecule has 0 saturated heterocycles.